The van der Waals surface area contributed by atoms with Crippen LogP contribution in [0.1, 0.15) is 27.7 Å². The second-order valence-corrected chi connectivity index (χ2v) is 10.6. The van der Waals surface area contributed by atoms with Crippen LogP contribution in [-0.4, -0.2) is 119 Å². The molecule has 0 unspecified atom stereocenters. The average Bonchev–Trinajstić information content (AvgIpc) is 2.56. The molecule has 0 heterocycles. The second-order valence-electron chi connectivity index (χ2n) is 6.50. The molecule has 0 radical (unpaired) electrons. The van der Waals surface area contributed by atoms with Crippen LogP contribution in [0.5, 0.6) is 0 Å². The van der Waals surface area contributed by atoms with Gasteiger partial charge in [-0.15, -0.1) is 0 Å². The van der Waals surface area contributed by atoms with Crippen molar-refractivity contribution < 1.29 is 49.8 Å². The summed E-state index contributed by atoms with van der Waals surface area (Å²) in [5.41, 5.74) is 0. The monoisotopic (exact) mass is 432 g/mol. The zero-order chi connectivity index (χ0) is 21.5. The van der Waals surface area contributed by atoms with E-state index in [4.69, 9.17) is 30.6 Å². The fourth-order valence-corrected chi connectivity index (χ4v) is 4.27. The Hall–Kier alpha value is 0.394. The van der Waals surface area contributed by atoms with Gasteiger partial charge in [0.1, 0.15) is 0 Å². The van der Waals surface area contributed by atoms with Gasteiger partial charge >= 0.3 is 55.3 Å². The maximum atomic E-state index is 8.48. The molecular formula is C18H44N2O6Ti. The first kappa shape index (κ1) is 32.1. The number of aliphatic hydroxyl groups is 6. The molecule has 0 saturated carbocycles. The normalized spacial score (nSPS) is 10.7. The van der Waals surface area contributed by atoms with Crippen molar-refractivity contribution in [2.75, 3.05) is 78.9 Å². The van der Waals surface area contributed by atoms with Gasteiger partial charge in [-0.2, -0.15) is 0 Å². The molecule has 166 valence electrons. The fourth-order valence-electron chi connectivity index (χ4n) is 2.19. The summed E-state index contributed by atoms with van der Waals surface area (Å²) < 4.78 is 2.00. The van der Waals surface area contributed by atoms with Gasteiger partial charge in [0.15, 0.2) is 0 Å². The Bertz CT molecular complexity index is 211. The summed E-state index contributed by atoms with van der Waals surface area (Å²) in [5.74, 6) is 0. The van der Waals surface area contributed by atoms with Crippen LogP contribution in [0, 0.1) is 0 Å². The van der Waals surface area contributed by atoms with Crippen LogP contribution >= 0.6 is 0 Å². The van der Waals surface area contributed by atoms with Crippen molar-refractivity contribution >= 4 is 0 Å². The first-order valence-corrected chi connectivity index (χ1v) is 11.5. The Kier molecular flexibility index (Phi) is 31.4. The smallest absolute Gasteiger partial charge is 0.0558 e. The van der Waals surface area contributed by atoms with Crippen molar-refractivity contribution in [3.05, 3.63) is 0 Å². The number of nitrogens with zero attached hydrogens (tertiary/aromatic N) is 2. The molecule has 0 rings (SSSR count). The van der Waals surface area contributed by atoms with E-state index in [2.05, 4.69) is 27.7 Å². The molecular weight excluding hydrogens is 388 g/mol. The van der Waals surface area contributed by atoms with Crippen molar-refractivity contribution in [2.24, 2.45) is 0 Å². The van der Waals surface area contributed by atoms with E-state index in [1.54, 1.807) is 9.80 Å². The van der Waals surface area contributed by atoms with E-state index in [0.29, 0.717) is 58.4 Å². The van der Waals surface area contributed by atoms with E-state index in [0.717, 1.165) is 8.45 Å². The largest absolute Gasteiger partial charge is 0.395 e. The van der Waals surface area contributed by atoms with Crippen LogP contribution < -0.4 is 0 Å². The molecule has 27 heavy (non-hydrogen) atoms. The molecule has 6 N–H and O–H groups in total. The molecule has 0 aliphatic heterocycles. The summed E-state index contributed by atoms with van der Waals surface area (Å²) in [6.45, 7) is 12.8. The summed E-state index contributed by atoms with van der Waals surface area (Å²) in [5, 5.41) is 50.9. The molecule has 0 aliphatic rings. The van der Waals surface area contributed by atoms with Crippen LogP contribution in [0.15, 0.2) is 0 Å². The van der Waals surface area contributed by atoms with Gasteiger partial charge in [0, 0.05) is 39.3 Å². The van der Waals surface area contributed by atoms with Crippen molar-refractivity contribution in [1.29, 1.82) is 0 Å². The van der Waals surface area contributed by atoms with Crippen molar-refractivity contribution in [1.82, 2.24) is 9.80 Å². The van der Waals surface area contributed by atoms with Crippen LogP contribution in [0.4, 0.5) is 0 Å². The van der Waals surface area contributed by atoms with Crippen LogP contribution in [0.3, 0.4) is 0 Å². The standard InChI is InChI=1S/2C6H15NO3.2C3H7.Ti/c2*8-4-1-7(2-5-9)3-6-10;2*1-3-2;/h2*8-10H,1-6H2;2*3H,1-2H3;. The Morgan fingerprint density at radius 2 is 0.667 bits per heavy atom. The molecule has 0 amide bonds. The molecule has 0 aromatic rings. The van der Waals surface area contributed by atoms with Gasteiger partial charge in [-0.1, -0.05) is 0 Å². The summed E-state index contributed by atoms with van der Waals surface area (Å²) in [4.78, 5) is 3.58. The van der Waals surface area contributed by atoms with E-state index in [-0.39, 0.29) is 39.6 Å². The zero-order valence-corrected chi connectivity index (χ0v) is 19.3. The molecule has 0 aromatic carbocycles. The van der Waals surface area contributed by atoms with Gasteiger partial charge in [-0.25, -0.2) is 0 Å². The number of hydrogen-bond donors (Lipinski definition) is 6. The first-order chi connectivity index (χ1) is 12.8. The van der Waals surface area contributed by atoms with E-state index in [1.807, 2.05) is 0 Å². The summed E-state index contributed by atoms with van der Waals surface area (Å²) >= 11 is 0.389. The molecule has 0 aromatic heterocycles. The summed E-state index contributed by atoms with van der Waals surface area (Å²) in [7, 11) is 0. The summed E-state index contributed by atoms with van der Waals surface area (Å²) in [6.07, 6.45) is 0. The molecule has 0 saturated heterocycles. The maximum Gasteiger partial charge on any atom is 0.0558 e. The fraction of sp³-hybridized carbons (Fsp3) is 1.00. The average molecular weight is 432 g/mol. The predicted octanol–water partition coefficient (Wildman–Crippen LogP) is -0.744. The molecule has 0 aliphatic carbocycles. The molecule has 0 atom stereocenters. The number of rotatable bonds is 14. The topological polar surface area (TPSA) is 128 Å². The SMILES string of the molecule is C[CH](C)[Ti][CH](C)C.OCCN(CCO)CCO.OCCN(CCO)CCO. The number of hydrogen-bond acceptors (Lipinski definition) is 8. The van der Waals surface area contributed by atoms with E-state index in [9.17, 15) is 0 Å². The molecule has 0 fully saturated rings. The van der Waals surface area contributed by atoms with Crippen molar-refractivity contribution in [3.8, 4) is 0 Å². The minimum absolute atomic E-state index is 0.0694. The second kappa shape index (κ2) is 26.4. The van der Waals surface area contributed by atoms with Crippen LogP contribution in [0.25, 0.3) is 0 Å². The minimum Gasteiger partial charge on any atom is -0.395 e. The van der Waals surface area contributed by atoms with Gasteiger partial charge in [0.25, 0.3) is 0 Å². The molecule has 0 spiro atoms. The van der Waals surface area contributed by atoms with Crippen LogP contribution in [-0.2, 0) is 19.2 Å². The minimum atomic E-state index is 0.0694. The quantitative estimate of drug-likeness (QED) is 0.198. The maximum absolute atomic E-state index is 8.48. The van der Waals surface area contributed by atoms with Gasteiger partial charge in [0.05, 0.1) is 39.6 Å². The van der Waals surface area contributed by atoms with Gasteiger partial charge in [-0.05, 0) is 0 Å². The molecule has 8 nitrogen and oxygen atoms in total. The molecule has 9 heteroatoms. The van der Waals surface area contributed by atoms with E-state index < -0.39 is 0 Å². The summed E-state index contributed by atoms with van der Waals surface area (Å²) in [6, 6.07) is 0. The van der Waals surface area contributed by atoms with Gasteiger partial charge < -0.3 is 30.6 Å². The third kappa shape index (κ3) is 31.3. The van der Waals surface area contributed by atoms with E-state index >= 15 is 0 Å². The molecule has 0 bridgehead atoms. The Balaban J connectivity index is -0.000000326. The predicted molar refractivity (Wildman–Crippen MR) is 106 cm³/mol. The third-order valence-corrected chi connectivity index (χ3v) is 5.25. The van der Waals surface area contributed by atoms with Gasteiger partial charge in [-0.3, -0.25) is 9.80 Å². The van der Waals surface area contributed by atoms with Crippen molar-refractivity contribution in [3.63, 3.8) is 0 Å². The van der Waals surface area contributed by atoms with E-state index in [1.165, 1.54) is 0 Å². The Morgan fingerprint density at radius 3 is 0.741 bits per heavy atom. The first-order valence-electron chi connectivity index (χ1n) is 9.68. The number of aliphatic hydroxyl groups excluding tert-OH is 6. The third-order valence-electron chi connectivity index (χ3n) is 3.16. The Labute approximate surface area is 174 Å². The van der Waals surface area contributed by atoms with Crippen molar-refractivity contribution in [2.45, 2.75) is 36.1 Å². The van der Waals surface area contributed by atoms with Gasteiger partial charge in [0.2, 0.25) is 0 Å². The van der Waals surface area contributed by atoms with Crippen LogP contribution in [0.2, 0.25) is 8.45 Å². The Morgan fingerprint density at radius 1 is 0.481 bits per heavy atom. The zero-order valence-electron chi connectivity index (χ0n) is 17.7.